The molecule has 0 heterocycles. The number of aliphatic carboxylic acids is 1. The van der Waals surface area contributed by atoms with Crippen molar-refractivity contribution in [1.82, 2.24) is 5.32 Å². The Balaban J connectivity index is 2.11. The van der Waals surface area contributed by atoms with Crippen LogP contribution in [0.3, 0.4) is 0 Å². The van der Waals surface area contributed by atoms with E-state index in [9.17, 15) is 9.59 Å². The fraction of sp³-hybridized carbons (Fsp3) is 0.733. The number of carbonyl (C=O) groups is 2. The van der Waals surface area contributed by atoms with Crippen LogP contribution in [0.15, 0.2) is 0 Å². The summed E-state index contributed by atoms with van der Waals surface area (Å²) in [6.07, 6.45) is 5.87. The molecule has 1 unspecified atom stereocenters. The Hall–Kier alpha value is -1.74. The Kier molecular flexibility index (Phi) is 8.29. The topological polar surface area (TPSA) is 102 Å². The largest absolute Gasteiger partial charge is 0.480 e. The van der Waals surface area contributed by atoms with Crippen molar-refractivity contribution in [2.24, 2.45) is 5.73 Å². The van der Waals surface area contributed by atoms with Crippen molar-refractivity contribution in [3.63, 3.8) is 0 Å². The van der Waals surface area contributed by atoms with Gasteiger partial charge in [0.25, 0.3) is 0 Å². The van der Waals surface area contributed by atoms with Gasteiger partial charge in [-0.25, -0.2) is 4.79 Å². The number of nitrogens with one attached hydrogen (secondary N) is 1. The van der Waals surface area contributed by atoms with Crippen LogP contribution in [0.25, 0.3) is 0 Å². The van der Waals surface area contributed by atoms with E-state index in [1.54, 1.807) is 0 Å². The molecular weight excluding hydrogens is 272 g/mol. The highest BCUT2D eigenvalue weighted by Gasteiger charge is 2.13. The van der Waals surface area contributed by atoms with E-state index in [0.717, 1.165) is 32.1 Å². The first-order chi connectivity index (χ1) is 10.1. The zero-order valence-electron chi connectivity index (χ0n) is 12.3. The van der Waals surface area contributed by atoms with E-state index in [1.165, 1.54) is 0 Å². The molecule has 0 aromatic heterocycles. The van der Waals surface area contributed by atoms with Crippen molar-refractivity contribution in [3.05, 3.63) is 0 Å². The van der Waals surface area contributed by atoms with E-state index < -0.39 is 18.1 Å². The van der Waals surface area contributed by atoms with Crippen molar-refractivity contribution < 1.29 is 19.4 Å². The molecule has 0 fully saturated rings. The molecule has 0 aromatic carbocycles. The van der Waals surface area contributed by atoms with Gasteiger partial charge in [-0.2, -0.15) is 0 Å². The Labute approximate surface area is 125 Å². The molecule has 6 heteroatoms. The maximum atomic E-state index is 11.6. The van der Waals surface area contributed by atoms with Gasteiger partial charge in [-0.15, -0.1) is 0 Å². The van der Waals surface area contributed by atoms with Crippen molar-refractivity contribution in [1.29, 1.82) is 0 Å². The van der Waals surface area contributed by atoms with Gasteiger partial charge in [0.1, 0.15) is 6.04 Å². The number of amides is 1. The quantitative estimate of drug-likeness (QED) is 0.489. The van der Waals surface area contributed by atoms with Crippen molar-refractivity contribution in [2.45, 2.75) is 63.5 Å². The van der Waals surface area contributed by atoms with Gasteiger partial charge in [0.15, 0.2) is 6.10 Å². The smallest absolute Gasteiger partial charge is 0.408 e. The Morgan fingerprint density at radius 2 is 2.14 bits per heavy atom. The second-order valence-electron chi connectivity index (χ2n) is 5.18. The maximum Gasteiger partial charge on any atom is 0.408 e. The van der Waals surface area contributed by atoms with Crippen molar-refractivity contribution in [2.75, 3.05) is 6.54 Å². The summed E-state index contributed by atoms with van der Waals surface area (Å²) in [5.41, 5.74) is 5.38. The highest BCUT2D eigenvalue weighted by atomic mass is 16.6. The number of hydrogen-bond donors (Lipinski definition) is 3. The summed E-state index contributed by atoms with van der Waals surface area (Å²) in [6, 6.07) is -0.831. The normalized spacial score (nSPS) is 19.4. The summed E-state index contributed by atoms with van der Waals surface area (Å²) in [7, 11) is 0. The Morgan fingerprint density at radius 3 is 2.90 bits per heavy atom. The fourth-order valence-electron chi connectivity index (χ4n) is 2.04. The molecule has 0 saturated heterocycles. The van der Waals surface area contributed by atoms with E-state index in [-0.39, 0.29) is 6.10 Å². The van der Waals surface area contributed by atoms with E-state index in [4.69, 9.17) is 15.6 Å². The van der Waals surface area contributed by atoms with Gasteiger partial charge in [0, 0.05) is 13.0 Å². The lowest BCUT2D eigenvalue weighted by Gasteiger charge is -2.14. The Bertz CT molecular complexity index is 400. The van der Waals surface area contributed by atoms with Crippen LogP contribution >= 0.6 is 0 Å². The van der Waals surface area contributed by atoms with Crippen LogP contribution in [0.5, 0.6) is 0 Å². The first-order valence-electron chi connectivity index (χ1n) is 7.51. The van der Waals surface area contributed by atoms with Crippen LogP contribution in [-0.2, 0) is 9.53 Å². The molecule has 1 amide bonds. The van der Waals surface area contributed by atoms with E-state index in [1.807, 2.05) is 0 Å². The molecule has 2 atom stereocenters. The lowest BCUT2D eigenvalue weighted by Crippen LogP contribution is -2.31. The van der Waals surface area contributed by atoms with Gasteiger partial charge in [-0.05, 0) is 38.5 Å². The third kappa shape index (κ3) is 8.20. The molecule has 1 aliphatic rings. The zero-order chi connectivity index (χ0) is 15.5. The molecule has 0 radical (unpaired) electrons. The summed E-state index contributed by atoms with van der Waals surface area (Å²) < 4.78 is 5.25. The molecule has 6 nitrogen and oxygen atoms in total. The minimum atomic E-state index is -0.995. The number of hydrogen-bond acceptors (Lipinski definition) is 4. The molecule has 0 aliphatic heterocycles. The third-order valence-corrected chi connectivity index (χ3v) is 3.31. The number of carbonyl (C=O) groups excluding carboxylic acids is 1. The highest BCUT2D eigenvalue weighted by Crippen LogP contribution is 2.10. The number of carboxylic acids is 1. The number of alkyl carbamates (subject to hydrolysis) is 1. The molecule has 1 aliphatic carbocycles. The minimum Gasteiger partial charge on any atom is -0.480 e. The van der Waals surface area contributed by atoms with E-state index in [0.29, 0.717) is 25.8 Å². The zero-order valence-corrected chi connectivity index (χ0v) is 12.3. The lowest BCUT2D eigenvalue weighted by atomic mass is 10.1. The SMILES string of the molecule is N[C@@H](CCCCNC(=O)OC1C#CCCCCC1)C(=O)O. The monoisotopic (exact) mass is 296 g/mol. The second kappa shape index (κ2) is 10.1. The predicted octanol–water partition coefficient (Wildman–Crippen LogP) is 1.63. The molecule has 0 bridgehead atoms. The highest BCUT2D eigenvalue weighted by molar-refractivity contribution is 5.72. The van der Waals surface area contributed by atoms with Crippen LogP contribution in [0.4, 0.5) is 4.79 Å². The summed E-state index contributed by atoms with van der Waals surface area (Å²) in [4.78, 5) is 22.1. The number of carboxylic acid groups (broad SMARTS) is 1. The van der Waals surface area contributed by atoms with Gasteiger partial charge in [0.05, 0.1) is 0 Å². The number of rotatable bonds is 7. The van der Waals surface area contributed by atoms with E-state index >= 15 is 0 Å². The van der Waals surface area contributed by atoms with E-state index in [2.05, 4.69) is 17.2 Å². The van der Waals surface area contributed by atoms with Crippen LogP contribution in [0.1, 0.15) is 51.4 Å². The summed E-state index contributed by atoms with van der Waals surface area (Å²) >= 11 is 0. The lowest BCUT2D eigenvalue weighted by molar-refractivity contribution is -0.138. The molecule has 0 spiro atoms. The summed E-state index contributed by atoms with van der Waals surface area (Å²) in [6.45, 7) is 0.450. The maximum absolute atomic E-state index is 11.6. The summed E-state index contributed by atoms with van der Waals surface area (Å²) in [5.74, 6) is 4.99. The first-order valence-corrected chi connectivity index (χ1v) is 7.51. The molecule has 1 rings (SSSR count). The molecular formula is C15H24N2O4. The predicted molar refractivity (Wildman–Crippen MR) is 78.6 cm³/mol. The third-order valence-electron chi connectivity index (χ3n) is 3.31. The van der Waals surface area contributed by atoms with Gasteiger partial charge in [-0.3, -0.25) is 4.79 Å². The average Bonchev–Trinajstić information content (AvgIpc) is 2.41. The van der Waals surface area contributed by atoms with Crippen LogP contribution < -0.4 is 11.1 Å². The molecule has 0 aromatic rings. The molecule has 21 heavy (non-hydrogen) atoms. The molecule has 4 N–H and O–H groups in total. The average molecular weight is 296 g/mol. The van der Waals surface area contributed by atoms with Gasteiger partial charge >= 0.3 is 12.1 Å². The molecule has 0 saturated carbocycles. The van der Waals surface area contributed by atoms with Crippen LogP contribution in [0.2, 0.25) is 0 Å². The minimum absolute atomic E-state index is 0.314. The second-order valence-corrected chi connectivity index (χ2v) is 5.18. The number of unbranched alkanes of at least 4 members (excludes halogenated alkanes) is 1. The van der Waals surface area contributed by atoms with Crippen LogP contribution in [0, 0.1) is 11.8 Å². The van der Waals surface area contributed by atoms with Crippen molar-refractivity contribution in [3.8, 4) is 11.8 Å². The fourth-order valence-corrected chi connectivity index (χ4v) is 2.04. The number of ether oxygens (including phenoxy) is 1. The van der Waals surface area contributed by atoms with Gasteiger partial charge < -0.3 is 20.9 Å². The number of nitrogens with two attached hydrogens (primary N) is 1. The van der Waals surface area contributed by atoms with Gasteiger partial charge in [-0.1, -0.05) is 18.3 Å². The molecule has 118 valence electrons. The summed E-state index contributed by atoms with van der Waals surface area (Å²) in [5, 5.41) is 11.3. The van der Waals surface area contributed by atoms with Crippen LogP contribution in [-0.4, -0.2) is 35.9 Å². The Morgan fingerprint density at radius 1 is 1.33 bits per heavy atom. The van der Waals surface area contributed by atoms with Gasteiger partial charge in [0.2, 0.25) is 0 Å². The first kappa shape index (κ1) is 17.3. The standard InChI is InChI=1S/C15H24N2O4/c16-13(14(18)19)10-6-7-11-17-15(20)21-12-8-4-2-1-3-5-9-12/h12-13H,1-4,6-8,10-11,16H2,(H,17,20)(H,18,19)/t12?,13-/m0/s1. The van der Waals surface area contributed by atoms with Crippen molar-refractivity contribution >= 4 is 12.1 Å².